The van der Waals surface area contributed by atoms with Crippen LogP contribution in [0.15, 0.2) is 150 Å². The number of phenolic OH excluding ortho intramolecular Hbond substituents is 1. The zero-order valence-electron chi connectivity index (χ0n) is 35.1. The molecule has 1 N–H and O–H groups in total. The molecule has 292 valence electrons. The molecule has 4 heterocycles. The molecule has 0 bridgehead atoms. The van der Waals surface area contributed by atoms with Gasteiger partial charge in [0.25, 0.3) is 0 Å². The fourth-order valence-electron chi connectivity index (χ4n) is 8.11. The summed E-state index contributed by atoms with van der Waals surface area (Å²) in [6, 6.07) is 50.5. The summed E-state index contributed by atoms with van der Waals surface area (Å²) < 4.78 is 8.48. The highest BCUT2D eigenvalue weighted by Crippen LogP contribution is 2.39. The van der Waals surface area contributed by atoms with Gasteiger partial charge in [-0.1, -0.05) is 114 Å². The first-order valence-electron chi connectivity index (χ1n) is 20.3. The number of fused-ring (bicyclic) bond motifs is 3. The van der Waals surface area contributed by atoms with Crippen LogP contribution in [0.2, 0.25) is 0 Å². The van der Waals surface area contributed by atoms with Crippen molar-refractivity contribution in [1.29, 1.82) is 0 Å². The van der Waals surface area contributed by atoms with E-state index in [1.165, 1.54) is 11.1 Å². The summed E-state index contributed by atoms with van der Waals surface area (Å²) in [6.45, 7) is 15.6. The molecule has 0 aliphatic heterocycles. The number of aryl methyl sites for hydroxylation is 1. The first-order chi connectivity index (χ1) is 28.2. The molecule has 5 heteroatoms. The summed E-state index contributed by atoms with van der Waals surface area (Å²) >= 11 is 0. The summed E-state index contributed by atoms with van der Waals surface area (Å²) in [4.78, 5) is 10.2. The summed E-state index contributed by atoms with van der Waals surface area (Å²) in [7, 11) is 2.12. The summed E-state index contributed by atoms with van der Waals surface area (Å²) in [6.07, 6.45) is 0. The van der Waals surface area contributed by atoms with Crippen LogP contribution < -0.4 is 0 Å². The molecule has 0 radical (unpaired) electrons. The quantitative estimate of drug-likeness (QED) is 0.183. The van der Waals surface area contributed by atoms with Gasteiger partial charge in [0.05, 0.1) is 17.1 Å². The maximum atomic E-state index is 11.0. The van der Waals surface area contributed by atoms with Gasteiger partial charge in [-0.3, -0.25) is 4.98 Å². The van der Waals surface area contributed by atoms with Gasteiger partial charge in [0, 0.05) is 62.7 Å². The number of para-hydroxylation sites is 2. The fraction of sp³-hybridized carbons (Fsp3) is 0.185. The fourth-order valence-corrected chi connectivity index (χ4v) is 8.11. The van der Waals surface area contributed by atoms with Crippen LogP contribution in [0.3, 0.4) is 0 Å². The second kappa shape index (κ2) is 14.3. The topological polar surface area (TPSA) is 64.1 Å². The van der Waals surface area contributed by atoms with Crippen LogP contribution >= 0.6 is 0 Å². The number of aromatic nitrogens is 3. The number of nitrogens with zero attached hydrogens (tertiary/aromatic N) is 3. The zero-order chi connectivity index (χ0) is 41.2. The Hall–Kier alpha value is -6.72. The highest BCUT2D eigenvalue weighted by Gasteiger charge is 2.22. The molecule has 0 amide bonds. The minimum atomic E-state index is -0.0366. The van der Waals surface area contributed by atoms with Gasteiger partial charge < -0.3 is 14.1 Å². The average Bonchev–Trinajstić information content (AvgIpc) is 3.79. The molecule has 0 saturated carbocycles. The standard InChI is InChI=1S/C54H49N3O2/c1-33-24-39(49-23-22-48(57(49)8)36-20-21-43-42-16-10-12-19-51(42)59-52(43)31-36)30-45(55-33)34-14-13-15-35(25-34)46-28-38(29-47(56-46)44-17-9-11-18-50(44)58)37-26-40(53(2,3)4)32-41(27-37)54(5,6)7/h9-32,58H,1-8H3. The Morgan fingerprint density at radius 1 is 0.475 bits per heavy atom. The van der Waals surface area contributed by atoms with Crippen molar-refractivity contribution in [2.45, 2.75) is 59.3 Å². The minimum Gasteiger partial charge on any atom is -0.507 e. The number of furan rings is 1. The predicted octanol–water partition coefficient (Wildman–Crippen LogP) is 14.3. The van der Waals surface area contributed by atoms with E-state index in [-0.39, 0.29) is 16.6 Å². The van der Waals surface area contributed by atoms with E-state index >= 15 is 0 Å². The van der Waals surface area contributed by atoms with Crippen molar-refractivity contribution in [3.05, 3.63) is 162 Å². The van der Waals surface area contributed by atoms with Crippen LogP contribution in [0.4, 0.5) is 0 Å². The Labute approximate surface area is 346 Å². The van der Waals surface area contributed by atoms with Gasteiger partial charge in [0.1, 0.15) is 16.9 Å². The smallest absolute Gasteiger partial charge is 0.136 e. The van der Waals surface area contributed by atoms with Crippen LogP contribution in [-0.2, 0) is 17.9 Å². The minimum absolute atomic E-state index is 0.0366. The second-order valence-electron chi connectivity index (χ2n) is 17.9. The van der Waals surface area contributed by atoms with Crippen molar-refractivity contribution < 1.29 is 9.52 Å². The van der Waals surface area contributed by atoms with E-state index in [2.05, 4.69) is 169 Å². The van der Waals surface area contributed by atoms with Gasteiger partial charge in [-0.05, 0) is 113 Å². The normalized spacial score (nSPS) is 12.1. The van der Waals surface area contributed by atoms with Crippen molar-refractivity contribution in [2.75, 3.05) is 0 Å². The van der Waals surface area contributed by atoms with Crippen LogP contribution in [-0.4, -0.2) is 19.6 Å². The number of hydrogen-bond donors (Lipinski definition) is 1. The third-order valence-electron chi connectivity index (χ3n) is 11.5. The Bertz CT molecular complexity index is 3030. The molecular formula is C54H49N3O2. The number of rotatable bonds is 6. The van der Waals surface area contributed by atoms with Crippen molar-refractivity contribution in [1.82, 2.24) is 14.5 Å². The molecule has 9 aromatic rings. The molecule has 0 aliphatic carbocycles. The summed E-state index contributed by atoms with van der Waals surface area (Å²) in [5.74, 6) is 0.200. The highest BCUT2D eigenvalue weighted by molar-refractivity contribution is 6.05. The molecule has 0 aliphatic rings. The Morgan fingerprint density at radius 2 is 1.07 bits per heavy atom. The molecule has 0 fully saturated rings. The number of pyridine rings is 2. The van der Waals surface area contributed by atoms with E-state index in [0.29, 0.717) is 5.56 Å². The van der Waals surface area contributed by atoms with Crippen molar-refractivity contribution in [2.24, 2.45) is 7.05 Å². The SMILES string of the molecule is Cc1cc(-c2ccc(-c3ccc4c(c3)oc3ccccc34)n2C)cc(-c2cccc(-c3cc(-c4cc(C(C)(C)C)cc(C(C)(C)C)c4)cc(-c4ccccc4O)n3)c2)n1. The third kappa shape index (κ3) is 7.23. The number of hydrogen-bond acceptors (Lipinski definition) is 4. The molecular weight excluding hydrogens is 723 g/mol. The molecule has 4 aromatic heterocycles. The maximum absolute atomic E-state index is 11.0. The van der Waals surface area contributed by atoms with Crippen LogP contribution in [0.25, 0.3) is 89.4 Å². The Kier molecular flexibility index (Phi) is 9.16. The van der Waals surface area contributed by atoms with E-state index in [1.54, 1.807) is 6.07 Å². The van der Waals surface area contributed by atoms with Crippen molar-refractivity contribution in [3.8, 4) is 73.2 Å². The van der Waals surface area contributed by atoms with Gasteiger partial charge >= 0.3 is 0 Å². The van der Waals surface area contributed by atoms with E-state index in [0.717, 1.165) is 89.5 Å². The average molecular weight is 772 g/mol. The lowest BCUT2D eigenvalue weighted by molar-refractivity contribution is 0.477. The van der Waals surface area contributed by atoms with Crippen LogP contribution in [0.5, 0.6) is 5.75 Å². The predicted molar refractivity (Wildman–Crippen MR) is 245 cm³/mol. The molecule has 59 heavy (non-hydrogen) atoms. The highest BCUT2D eigenvalue weighted by atomic mass is 16.3. The zero-order valence-corrected chi connectivity index (χ0v) is 35.1. The maximum Gasteiger partial charge on any atom is 0.136 e. The van der Waals surface area contributed by atoms with Crippen LogP contribution in [0, 0.1) is 6.92 Å². The lowest BCUT2D eigenvalue weighted by Crippen LogP contribution is -2.16. The van der Waals surface area contributed by atoms with E-state index < -0.39 is 0 Å². The first kappa shape index (κ1) is 37.8. The van der Waals surface area contributed by atoms with E-state index in [1.807, 2.05) is 30.3 Å². The van der Waals surface area contributed by atoms with Crippen molar-refractivity contribution in [3.63, 3.8) is 0 Å². The number of aromatic hydroxyl groups is 1. The van der Waals surface area contributed by atoms with Crippen LogP contribution in [0.1, 0.15) is 58.4 Å². The molecule has 0 saturated heterocycles. The Balaban J connectivity index is 1.12. The molecule has 5 aromatic carbocycles. The Morgan fingerprint density at radius 3 is 1.78 bits per heavy atom. The van der Waals surface area contributed by atoms with Gasteiger partial charge in [0.2, 0.25) is 0 Å². The van der Waals surface area contributed by atoms with Gasteiger partial charge in [-0.25, -0.2) is 4.98 Å². The molecule has 9 rings (SSSR count). The van der Waals surface area contributed by atoms with Gasteiger partial charge in [0.15, 0.2) is 0 Å². The van der Waals surface area contributed by atoms with Gasteiger partial charge in [-0.15, -0.1) is 0 Å². The van der Waals surface area contributed by atoms with E-state index in [9.17, 15) is 5.11 Å². The van der Waals surface area contributed by atoms with E-state index in [4.69, 9.17) is 14.4 Å². The molecule has 0 atom stereocenters. The van der Waals surface area contributed by atoms with Crippen molar-refractivity contribution >= 4 is 21.9 Å². The molecule has 5 nitrogen and oxygen atoms in total. The lowest BCUT2D eigenvalue weighted by Gasteiger charge is -2.26. The molecule has 0 unspecified atom stereocenters. The van der Waals surface area contributed by atoms with Gasteiger partial charge in [-0.2, -0.15) is 0 Å². The molecule has 0 spiro atoms. The number of phenols is 1. The summed E-state index contributed by atoms with van der Waals surface area (Å²) in [5, 5.41) is 13.3. The third-order valence-corrected chi connectivity index (χ3v) is 11.5. The summed E-state index contributed by atoms with van der Waals surface area (Å²) in [5.41, 5.74) is 16.9. The monoisotopic (exact) mass is 771 g/mol. The largest absolute Gasteiger partial charge is 0.507 e. The lowest BCUT2D eigenvalue weighted by atomic mass is 9.79. The first-order valence-corrected chi connectivity index (χ1v) is 20.3. The number of benzene rings is 5. The second-order valence-corrected chi connectivity index (χ2v) is 17.9.